The van der Waals surface area contributed by atoms with Gasteiger partial charge in [-0.05, 0) is 35.8 Å². The highest BCUT2D eigenvalue weighted by Gasteiger charge is 2.33. The van der Waals surface area contributed by atoms with Crippen molar-refractivity contribution in [2.45, 2.75) is 26.1 Å². The summed E-state index contributed by atoms with van der Waals surface area (Å²) in [4.78, 5) is 5.06. The minimum Gasteiger partial charge on any atom is -0.396 e. The zero-order valence-electron chi connectivity index (χ0n) is 9.42. The van der Waals surface area contributed by atoms with Crippen LogP contribution in [0.25, 0.3) is 0 Å². The van der Waals surface area contributed by atoms with Crippen LogP contribution in [-0.4, -0.2) is 23.7 Å². The Morgan fingerprint density at radius 2 is 2.06 bits per heavy atom. The molecule has 0 saturated carbocycles. The number of hydrogen-bond acceptors (Lipinski definition) is 3. The maximum absolute atomic E-state index is 12.4. The van der Waals surface area contributed by atoms with Crippen molar-refractivity contribution in [1.29, 1.82) is 0 Å². The molecular formula is C10H13BrF3N3. The third-order valence-corrected chi connectivity index (χ3v) is 2.54. The highest BCUT2D eigenvalue weighted by Crippen LogP contribution is 2.28. The molecule has 7 heteroatoms. The highest BCUT2D eigenvalue weighted by molar-refractivity contribution is 9.10. The zero-order chi connectivity index (χ0) is 13.2. The Morgan fingerprint density at radius 1 is 1.47 bits per heavy atom. The van der Waals surface area contributed by atoms with Crippen LogP contribution in [0.15, 0.2) is 16.7 Å². The quantitative estimate of drug-likeness (QED) is 0.932. The summed E-state index contributed by atoms with van der Waals surface area (Å²) in [7, 11) is 0. The molecule has 17 heavy (non-hydrogen) atoms. The van der Waals surface area contributed by atoms with E-state index in [1.165, 1.54) is 12.3 Å². The van der Waals surface area contributed by atoms with Crippen LogP contribution in [0.1, 0.15) is 13.8 Å². The maximum Gasteiger partial charge on any atom is 0.405 e. The smallest absolute Gasteiger partial charge is 0.396 e. The van der Waals surface area contributed by atoms with Crippen LogP contribution in [0.5, 0.6) is 0 Å². The van der Waals surface area contributed by atoms with Crippen molar-refractivity contribution < 1.29 is 13.2 Å². The average molecular weight is 312 g/mol. The molecule has 1 aromatic rings. The molecular weight excluding hydrogens is 299 g/mol. The molecule has 0 atom stereocenters. The van der Waals surface area contributed by atoms with Crippen LogP contribution in [-0.2, 0) is 0 Å². The van der Waals surface area contributed by atoms with Crippen molar-refractivity contribution in [3.8, 4) is 0 Å². The maximum atomic E-state index is 12.4. The molecule has 1 rings (SSSR count). The lowest BCUT2D eigenvalue weighted by atomic mass is 10.2. The first-order valence-corrected chi connectivity index (χ1v) is 5.74. The van der Waals surface area contributed by atoms with Crippen molar-refractivity contribution in [3.63, 3.8) is 0 Å². The molecule has 0 radical (unpaired) electrons. The summed E-state index contributed by atoms with van der Waals surface area (Å²) in [5.41, 5.74) is 5.90. The summed E-state index contributed by atoms with van der Waals surface area (Å²) in [5.74, 6) is 0.153. The summed E-state index contributed by atoms with van der Waals surface area (Å²) in [6.45, 7) is 2.26. The van der Waals surface area contributed by atoms with Gasteiger partial charge in [-0.1, -0.05) is 0 Å². The molecule has 0 bridgehead atoms. The van der Waals surface area contributed by atoms with E-state index in [0.717, 1.165) is 4.90 Å². The molecule has 0 saturated heterocycles. The summed E-state index contributed by atoms with van der Waals surface area (Å²) in [6.07, 6.45) is -2.86. The Hall–Kier alpha value is -0.980. The number of pyridine rings is 1. The Bertz CT molecular complexity index is 393. The third-order valence-electron chi connectivity index (χ3n) is 2.11. The van der Waals surface area contributed by atoms with E-state index in [0.29, 0.717) is 4.47 Å². The Labute approximate surface area is 106 Å². The molecule has 96 valence electrons. The minimum absolute atomic E-state index is 0.153. The van der Waals surface area contributed by atoms with Gasteiger partial charge in [0.1, 0.15) is 6.54 Å². The molecule has 0 amide bonds. The van der Waals surface area contributed by atoms with E-state index in [9.17, 15) is 13.2 Å². The van der Waals surface area contributed by atoms with Crippen LogP contribution in [0.3, 0.4) is 0 Å². The van der Waals surface area contributed by atoms with Gasteiger partial charge in [-0.2, -0.15) is 13.2 Å². The van der Waals surface area contributed by atoms with E-state index in [-0.39, 0.29) is 17.5 Å². The van der Waals surface area contributed by atoms with Gasteiger partial charge in [0.25, 0.3) is 0 Å². The van der Waals surface area contributed by atoms with Crippen molar-refractivity contribution in [2.75, 3.05) is 17.2 Å². The summed E-state index contributed by atoms with van der Waals surface area (Å²) < 4.78 is 38.0. The van der Waals surface area contributed by atoms with Crippen LogP contribution < -0.4 is 10.6 Å². The molecule has 0 fully saturated rings. The van der Waals surface area contributed by atoms with E-state index in [4.69, 9.17) is 5.73 Å². The molecule has 0 aliphatic carbocycles. The standard InChI is InChI=1S/C10H13BrF3N3/c1-6(2)17(5-10(12,13)14)9-8(15)3-7(11)4-16-9/h3-4,6H,5,15H2,1-2H3. The Morgan fingerprint density at radius 3 is 2.47 bits per heavy atom. The second kappa shape index (κ2) is 5.12. The normalized spacial score (nSPS) is 11.9. The number of halogens is 4. The number of alkyl halides is 3. The fourth-order valence-electron chi connectivity index (χ4n) is 1.38. The molecule has 1 aromatic heterocycles. The largest absolute Gasteiger partial charge is 0.405 e. The topological polar surface area (TPSA) is 42.2 Å². The van der Waals surface area contributed by atoms with Gasteiger partial charge in [0, 0.05) is 16.7 Å². The van der Waals surface area contributed by atoms with Gasteiger partial charge in [0.15, 0.2) is 5.82 Å². The number of hydrogen-bond donors (Lipinski definition) is 1. The van der Waals surface area contributed by atoms with Crippen molar-refractivity contribution in [1.82, 2.24) is 4.98 Å². The zero-order valence-corrected chi connectivity index (χ0v) is 11.0. The van der Waals surface area contributed by atoms with Crippen molar-refractivity contribution >= 4 is 27.4 Å². The van der Waals surface area contributed by atoms with E-state index < -0.39 is 12.7 Å². The first-order valence-electron chi connectivity index (χ1n) is 4.95. The van der Waals surface area contributed by atoms with Crippen LogP contribution in [0, 0.1) is 0 Å². The van der Waals surface area contributed by atoms with Gasteiger partial charge in [0.2, 0.25) is 0 Å². The highest BCUT2D eigenvalue weighted by atomic mass is 79.9. The van der Waals surface area contributed by atoms with E-state index in [2.05, 4.69) is 20.9 Å². The average Bonchev–Trinajstić information content (AvgIpc) is 2.13. The number of rotatable bonds is 3. The Balaban J connectivity index is 3.06. The van der Waals surface area contributed by atoms with Gasteiger partial charge < -0.3 is 10.6 Å². The molecule has 0 aliphatic heterocycles. The fraction of sp³-hybridized carbons (Fsp3) is 0.500. The molecule has 0 aromatic carbocycles. The number of nitrogens with two attached hydrogens (primary N) is 1. The number of nitrogens with zero attached hydrogens (tertiary/aromatic N) is 2. The second-order valence-corrected chi connectivity index (χ2v) is 4.82. The van der Waals surface area contributed by atoms with Crippen LogP contribution in [0.2, 0.25) is 0 Å². The van der Waals surface area contributed by atoms with E-state index >= 15 is 0 Å². The van der Waals surface area contributed by atoms with Gasteiger partial charge >= 0.3 is 6.18 Å². The van der Waals surface area contributed by atoms with Crippen LogP contribution >= 0.6 is 15.9 Å². The lowest BCUT2D eigenvalue weighted by Crippen LogP contribution is -2.40. The predicted octanol–water partition coefficient (Wildman–Crippen LogP) is 3.20. The van der Waals surface area contributed by atoms with Crippen molar-refractivity contribution in [3.05, 3.63) is 16.7 Å². The van der Waals surface area contributed by atoms with Crippen LogP contribution in [0.4, 0.5) is 24.7 Å². The lowest BCUT2D eigenvalue weighted by molar-refractivity contribution is -0.120. The first kappa shape index (κ1) is 14.1. The Kier molecular flexibility index (Phi) is 4.24. The van der Waals surface area contributed by atoms with Gasteiger partial charge in [-0.25, -0.2) is 4.98 Å². The second-order valence-electron chi connectivity index (χ2n) is 3.90. The van der Waals surface area contributed by atoms with Gasteiger partial charge in [-0.15, -0.1) is 0 Å². The first-order chi connectivity index (χ1) is 7.70. The molecule has 2 N–H and O–H groups in total. The number of aromatic nitrogens is 1. The summed E-state index contributed by atoms with van der Waals surface area (Å²) in [6, 6.07) is 1.20. The molecule has 0 unspecified atom stereocenters. The molecule has 0 spiro atoms. The van der Waals surface area contributed by atoms with E-state index in [1.54, 1.807) is 13.8 Å². The number of anilines is 2. The summed E-state index contributed by atoms with van der Waals surface area (Å²) in [5, 5.41) is 0. The minimum atomic E-state index is -4.29. The van der Waals surface area contributed by atoms with Gasteiger partial charge in [-0.3, -0.25) is 0 Å². The molecule has 0 aliphatic rings. The lowest BCUT2D eigenvalue weighted by Gasteiger charge is -2.29. The molecule has 1 heterocycles. The van der Waals surface area contributed by atoms with Crippen molar-refractivity contribution in [2.24, 2.45) is 0 Å². The SMILES string of the molecule is CC(C)N(CC(F)(F)F)c1ncc(Br)cc1N. The molecule has 3 nitrogen and oxygen atoms in total. The predicted molar refractivity (Wildman–Crippen MR) is 64.9 cm³/mol. The van der Waals surface area contributed by atoms with Gasteiger partial charge in [0.05, 0.1) is 5.69 Å². The number of nitrogen functional groups attached to an aromatic ring is 1. The third kappa shape index (κ3) is 4.07. The summed E-state index contributed by atoms with van der Waals surface area (Å²) >= 11 is 3.16. The van der Waals surface area contributed by atoms with E-state index in [1.807, 2.05) is 0 Å². The fourth-order valence-corrected chi connectivity index (χ4v) is 1.73. The monoisotopic (exact) mass is 311 g/mol.